The molecule has 114 valence electrons. The van der Waals surface area contributed by atoms with E-state index in [1.807, 2.05) is 6.07 Å². The molecule has 0 aromatic heterocycles. The third-order valence-electron chi connectivity index (χ3n) is 3.69. The number of ether oxygens (including phenoxy) is 1. The highest BCUT2D eigenvalue weighted by Crippen LogP contribution is 2.32. The van der Waals surface area contributed by atoms with Crippen LogP contribution in [0, 0.1) is 5.82 Å². The predicted octanol–water partition coefficient (Wildman–Crippen LogP) is 2.50. The second-order valence-electron chi connectivity index (χ2n) is 5.19. The summed E-state index contributed by atoms with van der Waals surface area (Å²) in [7, 11) is 0. The van der Waals surface area contributed by atoms with Crippen LogP contribution in [0.3, 0.4) is 0 Å². The number of amides is 1. The minimum Gasteiger partial charge on any atom is -0.493 e. The number of aliphatic hydroxyl groups excluding tert-OH is 1. The highest BCUT2D eigenvalue weighted by Gasteiger charge is 2.26. The molecule has 2 aromatic carbocycles. The Morgan fingerprint density at radius 3 is 2.82 bits per heavy atom. The molecule has 0 saturated carbocycles. The van der Waals surface area contributed by atoms with Gasteiger partial charge in [-0.3, -0.25) is 4.79 Å². The summed E-state index contributed by atoms with van der Waals surface area (Å²) in [4.78, 5) is 12.2. The number of aliphatic hydroxyl groups is 1. The SMILES string of the molecule is O=C(N[C@H]1CCOc2ccc(F)cc21)[C@H](O)c1ccccc1. The summed E-state index contributed by atoms with van der Waals surface area (Å²) in [5.41, 5.74) is 1.12. The summed E-state index contributed by atoms with van der Waals surface area (Å²) in [5.74, 6) is -0.326. The van der Waals surface area contributed by atoms with Crippen LogP contribution in [0.1, 0.15) is 29.7 Å². The van der Waals surface area contributed by atoms with E-state index < -0.39 is 12.0 Å². The highest BCUT2D eigenvalue weighted by molar-refractivity contribution is 5.82. The zero-order valence-electron chi connectivity index (χ0n) is 11.8. The van der Waals surface area contributed by atoms with Crippen LogP contribution in [0.2, 0.25) is 0 Å². The van der Waals surface area contributed by atoms with Gasteiger partial charge in [-0.2, -0.15) is 0 Å². The number of halogens is 1. The third kappa shape index (κ3) is 2.94. The van der Waals surface area contributed by atoms with Gasteiger partial charge in [0, 0.05) is 12.0 Å². The van der Waals surface area contributed by atoms with Crippen molar-refractivity contribution in [3.05, 3.63) is 65.5 Å². The van der Waals surface area contributed by atoms with Crippen LogP contribution in [0.25, 0.3) is 0 Å². The van der Waals surface area contributed by atoms with Crippen molar-refractivity contribution in [2.45, 2.75) is 18.6 Å². The van der Waals surface area contributed by atoms with E-state index in [1.165, 1.54) is 12.1 Å². The normalized spacial score (nSPS) is 18.0. The van der Waals surface area contributed by atoms with Crippen LogP contribution in [0.4, 0.5) is 4.39 Å². The molecule has 1 amide bonds. The molecule has 5 heteroatoms. The van der Waals surface area contributed by atoms with Gasteiger partial charge in [0.25, 0.3) is 5.91 Å². The second-order valence-corrected chi connectivity index (χ2v) is 5.19. The van der Waals surface area contributed by atoms with E-state index in [9.17, 15) is 14.3 Å². The molecule has 4 nitrogen and oxygen atoms in total. The van der Waals surface area contributed by atoms with Gasteiger partial charge in [-0.15, -0.1) is 0 Å². The van der Waals surface area contributed by atoms with Gasteiger partial charge in [0.05, 0.1) is 12.6 Å². The molecule has 2 aromatic rings. The fraction of sp³-hybridized carbons (Fsp3) is 0.235. The van der Waals surface area contributed by atoms with E-state index in [0.29, 0.717) is 29.9 Å². The van der Waals surface area contributed by atoms with Crippen molar-refractivity contribution in [3.63, 3.8) is 0 Å². The van der Waals surface area contributed by atoms with Gasteiger partial charge in [0.15, 0.2) is 6.10 Å². The van der Waals surface area contributed by atoms with E-state index in [1.54, 1.807) is 30.3 Å². The average molecular weight is 301 g/mol. The monoisotopic (exact) mass is 301 g/mol. The first-order valence-electron chi connectivity index (χ1n) is 7.11. The molecule has 0 radical (unpaired) electrons. The van der Waals surface area contributed by atoms with E-state index in [4.69, 9.17) is 4.74 Å². The quantitative estimate of drug-likeness (QED) is 0.916. The maximum absolute atomic E-state index is 13.4. The lowest BCUT2D eigenvalue weighted by molar-refractivity contribution is -0.130. The number of carbonyl (C=O) groups is 1. The molecule has 0 unspecified atom stereocenters. The van der Waals surface area contributed by atoms with Gasteiger partial charge in [0.2, 0.25) is 0 Å². The lowest BCUT2D eigenvalue weighted by Gasteiger charge is -2.27. The highest BCUT2D eigenvalue weighted by atomic mass is 19.1. The molecule has 2 atom stereocenters. The molecular formula is C17H16FNO3. The molecule has 0 spiro atoms. The number of carbonyl (C=O) groups excluding carboxylic acids is 1. The third-order valence-corrected chi connectivity index (χ3v) is 3.69. The number of rotatable bonds is 3. The van der Waals surface area contributed by atoms with Crippen LogP contribution in [-0.4, -0.2) is 17.6 Å². The molecule has 1 aliphatic rings. The molecule has 0 bridgehead atoms. The molecule has 3 rings (SSSR count). The average Bonchev–Trinajstić information content (AvgIpc) is 2.55. The molecule has 22 heavy (non-hydrogen) atoms. The van der Waals surface area contributed by atoms with Crippen LogP contribution in [-0.2, 0) is 4.79 Å². The van der Waals surface area contributed by atoms with Crippen molar-refractivity contribution in [1.82, 2.24) is 5.32 Å². The zero-order valence-corrected chi connectivity index (χ0v) is 11.8. The number of nitrogens with one attached hydrogen (secondary N) is 1. The Bertz CT molecular complexity index is 675. The standard InChI is InChI=1S/C17H16FNO3/c18-12-6-7-15-13(10-12)14(8-9-22-15)19-17(21)16(20)11-4-2-1-3-5-11/h1-7,10,14,16,20H,8-9H2,(H,19,21)/t14-,16+/m0/s1. The Morgan fingerprint density at radius 2 is 2.05 bits per heavy atom. The first-order chi connectivity index (χ1) is 10.6. The maximum Gasteiger partial charge on any atom is 0.253 e. The summed E-state index contributed by atoms with van der Waals surface area (Å²) >= 11 is 0. The van der Waals surface area contributed by atoms with E-state index in [0.717, 1.165) is 0 Å². The first-order valence-corrected chi connectivity index (χ1v) is 7.11. The van der Waals surface area contributed by atoms with Crippen LogP contribution >= 0.6 is 0 Å². The van der Waals surface area contributed by atoms with E-state index in [-0.39, 0.29) is 11.9 Å². The van der Waals surface area contributed by atoms with Crippen molar-refractivity contribution in [3.8, 4) is 5.75 Å². The largest absolute Gasteiger partial charge is 0.493 e. The molecule has 0 fully saturated rings. The summed E-state index contributed by atoms with van der Waals surface area (Å²) in [6, 6.07) is 12.5. The van der Waals surface area contributed by atoms with Gasteiger partial charge in [0.1, 0.15) is 11.6 Å². The number of hydrogen-bond acceptors (Lipinski definition) is 3. The molecular weight excluding hydrogens is 285 g/mol. The number of fused-ring (bicyclic) bond motifs is 1. The molecule has 2 N–H and O–H groups in total. The summed E-state index contributed by atoms with van der Waals surface area (Å²) < 4.78 is 18.9. The summed E-state index contributed by atoms with van der Waals surface area (Å²) in [5, 5.41) is 12.9. The fourth-order valence-corrected chi connectivity index (χ4v) is 2.55. The van der Waals surface area contributed by atoms with Crippen molar-refractivity contribution >= 4 is 5.91 Å². The van der Waals surface area contributed by atoms with Crippen LogP contribution < -0.4 is 10.1 Å². The predicted molar refractivity (Wildman–Crippen MR) is 78.8 cm³/mol. The van der Waals surface area contributed by atoms with Crippen molar-refractivity contribution < 1.29 is 19.0 Å². The van der Waals surface area contributed by atoms with E-state index >= 15 is 0 Å². The van der Waals surface area contributed by atoms with Gasteiger partial charge < -0.3 is 15.2 Å². The lowest BCUT2D eigenvalue weighted by Crippen LogP contribution is -2.35. The van der Waals surface area contributed by atoms with Gasteiger partial charge in [-0.1, -0.05) is 30.3 Å². The topological polar surface area (TPSA) is 58.6 Å². The Kier molecular flexibility index (Phi) is 4.06. The number of benzene rings is 2. The fourth-order valence-electron chi connectivity index (χ4n) is 2.55. The smallest absolute Gasteiger partial charge is 0.253 e. The minimum absolute atomic E-state index is 0.370. The first kappa shape index (κ1) is 14.5. The van der Waals surface area contributed by atoms with Crippen LogP contribution in [0.15, 0.2) is 48.5 Å². The van der Waals surface area contributed by atoms with Crippen LogP contribution in [0.5, 0.6) is 5.75 Å². The molecule has 1 aliphatic heterocycles. The zero-order chi connectivity index (χ0) is 15.5. The Morgan fingerprint density at radius 1 is 1.27 bits per heavy atom. The second kappa shape index (κ2) is 6.15. The Labute approximate surface area is 127 Å². The molecule has 0 aliphatic carbocycles. The minimum atomic E-state index is -1.25. The summed E-state index contributed by atoms with van der Waals surface area (Å²) in [6.45, 7) is 0.436. The number of hydrogen-bond donors (Lipinski definition) is 2. The van der Waals surface area contributed by atoms with Gasteiger partial charge >= 0.3 is 0 Å². The molecule has 1 heterocycles. The van der Waals surface area contributed by atoms with Crippen molar-refractivity contribution in [2.75, 3.05) is 6.61 Å². The maximum atomic E-state index is 13.4. The van der Waals surface area contributed by atoms with E-state index in [2.05, 4.69) is 5.32 Å². The van der Waals surface area contributed by atoms with Crippen molar-refractivity contribution in [2.24, 2.45) is 0 Å². The summed E-state index contributed by atoms with van der Waals surface area (Å²) in [6.07, 6.45) is -0.718. The van der Waals surface area contributed by atoms with Gasteiger partial charge in [-0.05, 0) is 23.8 Å². The molecule has 0 saturated heterocycles. The lowest BCUT2D eigenvalue weighted by atomic mass is 9.99. The Balaban J connectivity index is 1.77. The van der Waals surface area contributed by atoms with Gasteiger partial charge in [-0.25, -0.2) is 4.39 Å². The van der Waals surface area contributed by atoms with Crippen molar-refractivity contribution in [1.29, 1.82) is 0 Å². The Hall–Kier alpha value is -2.40.